The highest BCUT2D eigenvalue weighted by Crippen LogP contribution is 2.36. The second-order valence-corrected chi connectivity index (χ2v) is 7.05. The molecule has 0 aliphatic rings. The van der Waals surface area contributed by atoms with Crippen LogP contribution in [0.3, 0.4) is 0 Å². The van der Waals surface area contributed by atoms with Crippen molar-refractivity contribution in [1.29, 1.82) is 0 Å². The third-order valence-electron chi connectivity index (χ3n) is 4.76. The van der Waals surface area contributed by atoms with E-state index in [1.165, 1.54) is 0 Å². The highest BCUT2D eigenvalue weighted by atomic mass is 16.5. The van der Waals surface area contributed by atoms with Crippen molar-refractivity contribution in [1.82, 2.24) is 9.97 Å². The van der Waals surface area contributed by atoms with Gasteiger partial charge < -0.3 is 23.8 Å². The van der Waals surface area contributed by atoms with Gasteiger partial charge in [-0.05, 0) is 44.5 Å². The molecule has 2 aromatic carbocycles. The molecule has 0 aliphatic heterocycles. The van der Waals surface area contributed by atoms with Gasteiger partial charge in [-0.3, -0.25) is 4.79 Å². The van der Waals surface area contributed by atoms with Crippen molar-refractivity contribution in [2.75, 3.05) is 39.1 Å². The van der Waals surface area contributed by atoms with Crippen LogP contribution in [0, 0.1) is 6.92 Å². The fourth-order valence-electron chi connectivity index (χ4n) is 3.34. The van der Waals surface area contributed by atoms with Gasteiger partial charge in [-0.1, -0.05) is 12.1 Å². The summed E-state index contributed by atoms with van der Waals surface area (Å²) >= 11 is 0. The molecule has 0 N–H and O–H groups in total. The number of ether oxygens (including phenoxy) is 4. The summed E-state index contributed by atoms with van der Waals surface area (Å²) in [7, 11) is 3.23. The van der Waals surface area contributed by atoms with Gasteiger partial charge in [0.25, 0.3) is 0 Å². The smallest absolute Gasteiger partial charge is 0.305 e. The van der Waals surface area contributed by atoms with Crippen LogP contribution >= 0.6 is 0 Å². The van der Waals surface area contributed by atoms with Crippen molar-refractivity contribution in [3.63, 3.8) is 0 Å². The van der Waals surface area contributed by atoms with Gasteiger partial charge >= 0.3 is 5.97 Å². The molecule has 0 amide bonds. The number of anilines is 2. The number of carbonyl (C=O) groups excluding carboxylic acids is 1. The first-order valence-electron chi connectivity index (χ1n) is 10.5. The zero-order chi connectivity index (χ0) is 22.9. The minimum atomic E-state index is -0.228. The van der Waals surface area contributed by atoms with E-state index in [0.29, 0.717) is 43.4 Å². The van der Waals surface area contributed by atoms with Crippen LogP contribution in [0.2, 0.25) is 0 Å². The Labute approximate surface area is 188 Å². The van der Waals surface area contributed by atoms with Crippen molar-refractivity contribution < 1.29 is 23.7 Å². The van der Waals surface area contributed by atoms with Crippen molar-refractivity contribution in [2.45, 2.75) is 26.7 Å². The van der Waals surface area contributed by atoms with Crippen LogP contribution in [-0.2, 0) is 14.3 Å². The van der Waals surface area contributed by atoms with Gasteiger partial charge in [-0.25, -0.2) is 9.97 Å². The molecule has 0 spiro atoms. The second kappa shape index (κ2) is 11.3. The molecular formula is C24H29N3O5. The zero-order valence-electron chi connectivity index (χ0n) is 19.0. The summed E-state index contributed by atoms with van der Waals surface area (Å²) in [6.45, 7) is 4.68. The van der Waals surface area contributed by atoms with E-state index >= 15 is 0 Å². The predicted octanol–water partition coefficient (Wildman–Crippen LogP) is 4.41. The number of rotatable bonds is 11. The Hall–Kier alpha value is -3.39. The topological polar surface area (TPSA) is 83.0 Å². The Kier molecular flexibility index (Phi) is 8.21. The van der Waals surface area contributed by atoms with Gasteiger partial charge in [0, 0.05) is 30.7 Å². The van der Waals surface area contributed by atoms with E-state index in [1.807, 2.05) is 54.3 Å². The van der Waals surface area contributed by atoms with Crippen LogP contribution in [0.1, 0.15) is 25.6 Å². The largest absolute Gasteiger partial charge is 0.493 e. The number of esters is 1. The number of hydrogen-bond donors (Lipinski definition) is 0. The number of fused-ring (bicyclic) bond motifs is 1. The van der Waals surface area contributed by atoms with Crippen LogP contribution in [0.15, 0.2) is 42.5 Å². The Morgan fingerprint density at radius 1 is 1.06 bits per heavy atom. The van der Waals surface area contributed by atoms with E-state index in [-0.39, 0.29) is 12.7 Å². The molecular weight excluding hydrogens is 410 g/mol. The van der Waals surface area contributed by atoms with E-state index in [0.717, 1.165) is 22.4 Å². The first kappa shape index (κ1) is 23.3. The van der Waals surface area contributed by atoms with E-state index in [2.05, 4.69) is 4.98 Å². The molecule has 8 heteroatoms. The van der Waals surface area contributed by atoms with Crippen LogP contribution in [-0.4, -0.2) is 50.1 Å². The Bertz CT molecular complexity index is 1060. The van der Waals surface area contributed by atoms with Crippen LogP contribution in [0.25, 0.3) is 10.9 Å². The lowest BCUT2D eigenvalue weighted by molar-refractivity contribution is -0.143. The molecule has 1 heterocycles. The van der Waals surface area contributed by atoms with Gasteiger partial charge in [0.15, 0.2) is 11.5 Å². The summed E-state index contributed by atoms with van der Waals surface area (Å²) in [5.74, 6) is 2.36. The van der Waals surface area contributed by atoms with E-state index < -0.39 is 0 Å². The number of nitrogens with zero attached hydrogens (tertiary/aromatic N) is 3. The zero-order valence-corrected chi connectivity index (χ0v) is 19.0. The maximum Gasteiger partial charge on any atom is 0.305 e. The molecule has 32 heavy (non-hydrogen) atoms. The molecule has 0 radical (unpaired) electrons. The Balaban J connectivity index is 1.89. The molecule has 170 valence electrons. The SMILES string of the molecule is CCOC(=O)CCCOc1cc(N(COC)c2nc(C)nc3ccccc23)ccc1OC. The molecule has 0 bridgehead atoms. The standard InChI is InChI=1S/C24H29N3O5/c1-5-31-23(28)11-8-14-32-22-15-18(12-13-21(22)30-4)27(16-29-3)24-19-9-6-7-10-20(19)25-17(2)26-24/h6-7,9-10,12-13,15H,5,8,11,14,16H2,1-4H3. The Morgan fingerprint density at radius 2 is 1.88 bits per heavy atom. The van der Waals surface area contributed by atoms with Gasteiger partial charge in [0.2, 0.25) is 0 Å². The number of benzene rings is 2. The number of aromatic nitrogens is 2. The fourth-order valence-corrected chi connectivity index (χ4v) is 3.34. The second-order valence-electron chi connectivity index (χ2n) is 7.05. The maximum atomic E-state index is 11.5. The van der Waals surface area contributed by atoms with Crippen molar-refractivity contribution >= 4 is 28.4 Å². The van der Waals surface area contributed by atoms with Crippen molar-refractivity contribution in [3.8, 4) is 11.5 Å². The van der Waals surface area contributed by atoms with E-state index in [1.54, 1.807) is 21.1 Å². The number of aryl methyl sites for hydroxylation is 1. The molecule has 0 saturated carbocycles. The van der Waals surface area contributed by atoms with Crippen LogP contribution < -0.4 is 14.4 Å². The number of hydrogen-bond acceptors (Lipinski definition) is 8. The summed E-state index contributed by atoms with van der Waals surface area (Å²) in [5, 5.41) is 0.919. The van der Waals surface area contributed by atoms with Crippen LogP contribution in [0.4, 0.5) is 11.5 Å². The fraction of sp³-hybridized carbons (Fsp3) is 0.375. The summed E-state index contributed by atoms with van der Waals surface area (Å²) in [4.78, 5) is 22.7. The highest BCUT2D eigenvalue weighted by Gasteiger charge is 2.18. The quantitative estimate of drug-likeness (QED) is 0.247. The molecule has 1 aromatic heterocycles. The molecule has 0 fully saturated rings. The predicted molar refractivity (Wildman–Crippen MR) is 123 cm³/mol. The first-order valence-corrected chi connectivity index (χ1v) is 10.5. The minimum absolute atomic E-state index is 0.228. The van der Waals surface area contributed by atoms with Crippen molar-refractivity contribution in [2.24, 2.45) is 0 Å². The lowest BCUT2D eigenvalue weighted by Crippen LogP contribution is -2.22. The number of carbonyl (C=O) groups is 1. The van der Waals surface area contributed by atoms with E-state index in [4.69, 9.17) is 23.9 Å². The average Bonchev–Trinajstić information content (AvgIpc) is 2.80. The number of methoxy groups -OCH3 is 2. The molecule has 0 unspecified atom stereocenters. The molecule has 0 aliphatic carbocycles. The van der Waals surface area contributed by atoms with Gasteiger partial charge in [-0.2, -0.15) is 0 Å². The summed E-state index contributed by atoms with van der Waals surface area (Å²) in [6.07, 6.45) is 0.849. The first-order chi connectivity index (χ1) is 15.6. The molecule has 3 aromatic rings. The third-order valence-corrected chi connectivity index (χ3v) is 4.76. The van der Waals surface area contributed by atoms with Gasteiger partial charge in [0.05, 0.1) is 25.8 Å². The summed E-state index contributed by atoms with van der Waals surface area (Å²) < 4.78 is 21.8. The number of para-hydroxylation sites is 1. The Morgan fingerprint density at radius 3 is 2.62 bits per heavy atom. The lowest BCUT2D eigenvalue weighted by atomic mass is 10.2. The third kappa shape index (κ3) is 5.64. The van der Waals surface area contributed by atoms with Gasteiger partial charge in [-0.15, -0.1) is 0 Å². The molecule has 3 rings (SSSR count). The molecule has 0 saturated heterocycles. The van der Waals surface area contributed by atoms with Gasteiger partial charge in [0.1, 0.15) is 18.4 Å². The normalized spacial score (nSPS) is 10.8. The van der Waals surface area contributed by atoms with Crippen molar-refractivity contribution in [3.05, 3.63) is 48.3 Å². The summed E-state index contributed by atoms with van der Waals surface area (Å²) in [6, 6.07) is 13.5. The van der Waals surface area contributed by atoms with E-state index in [9.17, 15) is 4.79 Å². The maximum absolute atomic E-state index is 11.5. The monoisotopic (exact) mass is 439 g/mol. The van der Waals surface area contributed by atoms with Crippen LogP contribution in [0.5, 0.6) is 11.5 Å². The highest BCUT2D eigenvalue weighted by molar-refractivity contribution is 5.91. The minimum Gasteiger partial charge on any atom is -0.493 e. The average molecular weight is 440 g/mol. The molecule has 0 atom stereocenters. The summed E-state index contributed by atoms with van der Waals surface area (Å²) in [5.41, 5.74) is 1.69. The lowest BCUT2D eigenvalue weighted by Gasteiger charge is -2.25. The molecule has 8 nitrogen and oxygen atoms in total.